The molecule has 0 atom stereocenters. The number of nitriles is 1. The minimum atomic E-state index is 0.419. The first-order valence-corrected chi connectivity index (χ1v) is 5.96. The van der Waals surface area contributed by atoms with Crippen molar-refractivity contribution in [2.24, 2.45) is 0 Å². The van der Waals surface area contributed by atoms with Gasteiger partial charge in [-0.15, -0.1) is 0 Å². The maximum absolute atomic E-state index is 8.78. The van der Waals surface area contributed by atoms with E-state index in [1.807, 2.05) is 18.0 Å². The number of hydrogen-bond donors (Lipinski definition) is 0. The summed E-state index contributed by atoms with van der Waals surface area (Å²) < 4.78 is 0. The number of nitrogens with zero attached hydrogens (tertiary/aromatic N) is 5. The molecule has 0 unspecified atom stereocenters. The van der Waals surface area contributed by atoms with Crippen molar-refractivity contribution in [1.29, 1.82) is 5.26 Å². The second-order valence-electron chi connectivity index (χ2n) is 4.32. The molecular formula is C12H17N5. The third-order valence-electron chi connectivity index (χ3n) is 3.05. The third-order valence-corrected chi connectivity index (χ3v) is 3.05. The molecule has 0 radical (unpaired) electrons. The van der Waals surface area contributed by atoms with Gasteiger partial charge >= 0.3 is 0 Å². The van der Waals surface area contributed by atoms with Crippen LogP contribution in [-0.4, -0.2) is 48.1 Å². The molecule has 5 heteroatoms. The van der Waals surface area contributed by atoms with E-state index >= 15 is 0 Å². The summed E-state index contributed by atoms with van der Waals surface area (Å²) in [4.78, 5) is 12.8. The highest BCUT2D eigenvalue weighted by Crippen LogP contribution is 2.08. The third kappa shape index (κ3) is 3.14. The molecule has 0 spiro atoms. The molecule has 0 bridgehead atoms. The Hall–Kier alpha value is -1.67. The fraction of sp³-hybridized carbons (Fsp3) is 0.583. The minimum Gasteiger partial charge on any atom is -0.343 e. The molecule has 0 aromatic carbocycles. The summed E-state index contributed by atoms with van der Waals surface area (Å²) in [5.74, 6) is 0.628. The predicted octanol–water partition coefficient (Wildman–Crippen LogP) is 0.880. The van der Waals surface area contributed by atoms with Crippen LogP contribution in [-0.2, 0) is 0 Å². The van der Waals surface area contributed by atoms with E-state index in [4.69, 9.17) is 5.26 Å². The Morgan fingerprint density at radius 3 is 2.94 bits per heavy atom. The second kappa shape index (κ2) is 5.60. The molecule has 0 N–H and O–H groups in total. The lowest BCUT2D eigenvalue weighted by molar-refractivity contribution is 0.346. The van der Waals surface area contributed by atoms with Gasteiger partial charge in [-0.05, 0) is 32.0 Å². The zero-order valence-electron chi connectivity index (χ0n) is 10.1. The lowest BCUT2D eigenvalue weighted by Crippen LogP contribution is -2.32. The van der Waals surface area contributed by atoms with Crippen molar-refractivity contribution in [1.82, 2.24) is 14.9 Å². The molecule has 1 aromatic rings. The molecule has 1 aliphatic rings. The second-order valence-corrected chi connectivity index (χ2v) is 4.32. The van der Waals surface area contributed by atoms with Crippen LogP contribution >= 0.6 is 0 Å². The van der Waals surface area contributed by atoms with Gasteiger partial charge in [0.15, 0.2) is 0 Å². The number of likely N-dealkylation sites (N-methyl/N-ethyl adjacent to an activating group) is 1. The summed E-state index contributed by atoms with van der Waals surface area (Å²) >= 11 is 0. The highest BCUT2D eigenvalue weighted by molar-refractivity contribution is 5.32. The summed E-state index contributed by atoms with van der Waals surface area (Å²) in [6, 6.07) is 3.65. The quantitative estimate of drug-likeness (QED) is 0.770. The Bertz CT molecular complexity index is 406. The van der Waals surface area contributed by atoms with Crippen LogP contribution in [0.25, 0.3) is 0 Å². The minimum absolute atomic E-state index is 0.419. The first-order valence-electron chi connectivity index (χ1n) is 5.96. The molecule has 1 aliphatic heterocycles. The molecule has 1 saturated heterocycles. The van der Waals surface area contributed by atoms with Crippen LogP contribution in [0, 0.1) is 11.3 Å². The zero-order chi connectivity index (χ0) is 12.1. The van der Waals surface area contributed by atoms with Crippen molar-refractivity contribution >= 4 is 5.95 Å². The van der Waals surface area contributed by atoms with Crippen LogP contribution < -0.4 is 4.90 Å². The van der Waals surface area contributed by atoms with Crippen LogP contribution in [0.3, 0.4) is 0 Å². The molecule has 1 fully saturated rings. The van der Waals surface area contributed by atoms with Crippen LogP contribution in [0.1, 0.15) is 18.5 Å². The summed E-state index contributed by atoms with van der Waals surface area (Å²) in [5, 5.41) is 8.78. The number of hydrogen-bond acceptors (Lipinski definition) is 5. The van der Waals surface area contributed by atoms with E-state index in [1.165, 1.54) is 25.9 Å². The van der Waals surface area contributed by atoms with Gasteiger partial charge in [-0.3, -0.25) is 0 Å². The zero-order valence-corrected chi connectivity index (χ0v) is 10.1. The Kier molecular flexibility index (Phi) is 3.89. The predicted molar refractivity (Wildman–Crippen MR) is 65.7 cm³/mol. The maximum atomic E-state index is 8.78. The lowest BCUT2D eigenvalue weighted by Gasteiger charge is -2.21. The van der Waals surface area contributed by atoms with E-state index < -0.39 is 0 Å². The number of anilines is 1. The summed E-state index contributed by atoms with van der Waals surface area (Å²) in [5.41, 5.74) is 0.419. The van der Waals surface area contributed by atoms with Gasteiger partial charge in [0.25, 0.3) is 0 Å². The summed E-state index contributed by atoms with van der Waals surface area (Å²) in [6.07, 6.45) is 4.25. The molecule has 90 valence electrons. The van der Waals surface area contributed by atoms with Gasteiger partial charge in [-0.25, -0.2) is 9.97 Å². The van der Waals surface area contributed by atoms with Gasteiger partial charge in [0.1, 0.15) is 11.8 Å². The largest absolute Gasteiger partial charge is 0.343 e. The topological polar surface area (TPSA) is 56.0 Å². The van der Waals surface area contributed by atoms with Gasteiger partial charge in [0.05, 0.1) is 0 Å². The van der Waals surface area contributed by atoms with Gasteiger partial charge < -0.3 is 9.80 Å². The lowest BCUT2D eigenvalue weighted by atomic mass is 10.4. The Morgan fingerprint density at radius 1 is 1.47 bits per heavy atom. The monoisotopic (exact) mass is 231 g/mol. The number of likely N-dealkylation sites (tertiary alicyclic amines) is 1. The first kappa shape index (κ1) is 11.8. The Balaban J connectivity index is 1.89. The fourth-order valence-corrected chi connectivity index (χ4v) is 1.99. The van der Waals surface area contributed by atoms with Gasteiger partial charge in [-0.1, -0.05) is 0 Å². The van der Waals surface area contributed by atoms with Crippen molar-refractivity contribution in [3.05, 3.63) is 18.0 Å². The summed E-state index contributed by atoms with van der Waals surface area (Å²) in [6.45, 7) is 4.34. The van der Waals surface area contributed by atoms with Crippen molar-refractivity contribution in [2.75, 3.05) is 38.1 Å². The molecule has 0 aliphatic carbocycles. The molecule has 0 amide bonds. The summed E-state index contributed by atoms with van der Waals surface area (Å²) in [7, 11) is 1.96. The van der Waals surface area contributed by atoms with Crippen molar-refractivity contribution in [3.63, 3.8) is 0 Å². The van der Waals surface area contributed by atoms with E-state index in [-0.39, 0.29) is 0 Å². The number of rotatable bonds is 4. The van der Waals surface area contributed by atoms with E-state index in [0.717, 1.165) is 13.1 Å². The van der Waals surface area contributed by atoms with Crippen molar-refractivity contribution in [3.8, 4) is 6.07 Å². The highest BCUT2D eigenvalue weighted by atomic mass is 15.3. The van der Waals surface area contributed by atoms with Crippen LogP contribution in [0.4, 0.5) is 5.95 Å². The molecule has 5 nitrogen and oxygen atoms in total. The first-order chi connectivity index (χ1) is 8.29. The normalized spacial score (nSPS) is 15.8. The van der Waals surface area contributed by atoms with Gasteiger partial charge in [-0.2, -0.15) is 5.26 Å². The van der Waals surface area contributed by atoms with Gasteiger partial charge in [0, 0.05) is 26.3 Å². The average Bonchev–Trinajstić information content (AvgIpc) is 2.89. The SMILES string of the molecule is CN(CCN1CCCC1)c1nccc(C#N)n1. The molecule has 2 heterocycles. The van der Waals surface area contributed by atoms with E-state index in [9.17, 15) is 0 Å². The standard InChI is InChI=1S/C12H17N5/c1-16(8-9-17-6-2-3-7-17)12-14-5-4-11(10-13)15-12/h4-5H,2-3,6-9H2,1H3. The molecular weight excluding hydrogens is 214 g/mol. The van der Waals surface area contributed by atoms with Gasteiger partial charge in [0.2, 0.25) is 5.95 Å². The average molecular weight is 231 g/mol. The molecule has 17 heavy (non-hydrogen) atoms. The maximum Gasteiger partial charge on any atom is 0.226 e. The van der Waals surface area contributed by atoms with Crippen LogP contribution in [0.5, 0.6) is 0 Å². The fourth-order valence-electron chi connectivity index (χ4n) is 1.99. The van der Waals surface area contributed by atoms with Crippen molar-refractivity contribution in [2.45, 2.75) is 12.8 Å². The van der Waals surface area contributed by atoms with Crippen LogP contribution in [0.2, 0.25) is 0 Å². The highest BCUT2D eigenvalue weighted by Gasteiger charge is 2.12. The van der Waals surface area contributed by atoms with E-state index in [1.54, 1.807) is 12.3 Å². The van der Waals surface area contributed by atoms with Crippen LogP contribution in [0.15, 0.2) is 12.3 Å². The Labute approximate surface area is 102 Å². The number of aromatic nitrogens is 2. The van der Waals surface area contributed by atoms with E-state index in [2.05, 4.69) is 14.9 Å². The Morgan fingerprint density at radius 2 is 2.24 bits per heavy atom. The van der Waals surface area contributed by atoms with E-state index in [0.29, 0.717) is 11.6 Å². The molecule has 2 rings (SSSR count). The molecule has 0 saturated carbocycles. The molecule has 1 aromatic heterocycles. The smallest absolute Gasteiger partial charge is 0.226 e. The van der Waals surface area contributed by atoms with Crippen molar-refractivity contribution < 1.29 is 0 Å².